The smallest absolute Gasteiger partial charge is 0.326 e. The minimum absolute atomic E-state index is 0.0369. The first-order valence-electron chi connectivity index (χ1n) is 9.10. The van der Waals surface area contributed by atoms with Gasteiger partial charge in [-0.2, -0.15) is 5.26 Å². The maximum Gasteiger partial charge on any atom is 0.326 e. The molecule has 0 unspecified atom stereocenters. The van der Waals surface area contributed by atoms with Gasteiger partial charge in [-0.1, -0.05) is 17.7 Å². The number of carboxylic acid groups (broad SMARTS) is 1. The second-order valence-electron chi connectivity index (χ2n) is 6.56. The van der Waals surface area contributed by atoms with Gasteiger partial charge in [0.2, 0.25) is 0 Å². The van der Waals surface area contributed by atoms with Crippen molar-refractivity contribution in [2.45, 2.75) is 25.3 Å². The molecule has 0 aliphatic carbocycles. The van der Waals surface area contributed by atoms with Gasteiger partial charge in [0.15, 0.2) is 0 Å². The highest BCUT2D eigenvalue weighted by atomic mass is 35.5. The topological polar surface area (TPSA) is 109 Å². The van der Waals surface area contributed by atoms with Crippen LogP contribution in [0.4, 0.5) is 0 Å². The highest BCUT2D eigenvalue weighted by Crippen LogP contribution is 2.27. The van der Waals surface area contributed by atoms with Crippen molar-refractivity contribution >= 4 is 23.5 Å². The molecule has 2 aliphatic heterocycles. The first-order chi connectivity index (χ1) is 14.0. The van der Waals surface area contributed by atoms with E-state index in [2.05, 4.69) is 5.32 Å². The molecule has 2 aromatic carbocycles. The molecule has 7 nitrogen and oxygen atoms in total. The normalized spacial score (nSPS) is 17.2. The van der Waals surface area contributed by atoms with Crippen molar-refractivity contribution in [3.63, 3.8) is 0 Å². The number of halogens is 1. The highest BCUT2D eigenvalue weighted by Gasteiger charge is 2.24. The van der Waals surface area contributed by atoms with Gasteiger partial charge in [-0.15, -0.1) is 0 Å². The van der Waals surface area contributed by atoms with Gasteiger partial charge >= 0.3 is 5.97 Å². The van der Waals surface area contributed by atoms with Crippen molar-refractivity contribution in [1.29, 1.82) is 5.26 Å². The molecule has 0 aromatic heterocycles. The fourth-order valence-corrected chi connectivity index (χ4v) is 3.19. The molecule has 2 heterocycles. The van der Waals surface area contributed by atoms with Crippen LogP contribution in [0.3, 0.4) is 0 Å². The van der Waals surface area contributed by atoms with Gasteiger partial charge in [0.1, 0.15) is 17.5 Å². The summed E-state index contributed by atoms with van der Waals surface area (Å²) in [5.41, 5.74) is 1.04. The molecule has 2 aliphatic rings. The van der Waals surface area contributed by atoms with Gasteiger partial charge in [-0.3, -0.25) is 4.79 Å². The molecule has 150 valence electrons. The predicted octanol–water partition coefficient (Wildman–Crippen LogP) is 3.19. The van der Waals surface area contributed by atoms with Crippen LogP contribution in [0, 0.1) is 11.3 Å². The molecule has 2 bridgehead atoms. The molecule has 0 saturated heterocycles. The molecule has 0 radical (unpaired) electrons. The molecule has 0 spiro atoms. The summed E-state index contributed by atoms with van der Waals surface area (Å²) in [6.45, 7) is 0.783. The lowest BCUT2D eigenvalue weighted by Gasteiger charge is -2.18. The predicted molar refractivity (Wildman–Crippen MR) is 105 cm³/mol. The fraction of sp³-hybridized carbons (Fsp3) is 0.286. The Kier molecular flexibility index (Phi) is 6.57. The molecular formula is C21H19ClN2O5. The number of nitrogens with zero attached hydrogens (tertiary/aromatic N) is 1. The number of carboxylic acids is 1. The SMILES string of the molecule is N#Cc1ccc2c(c1)C(=O)N[C@H](C(=O)O)Cc1ccc(c(Cl)c1)OCCCCO2. The van der Waals surface area contributed by atoms with Crippen LogP contribution >= 0.6 is 11.6 Å². The monoisotopic (exact) mass is 414 g/mol. The van der Waals surface area contributed by atoms with E-state index in [1.807, 2.05) is 6.07 Å². The third-order valence-electron chi connectivity index (χ3n) is 4.45. The average Bonchev–Trinajstić information content (AvgIpc) is 2.70. The lowest BCUT2D eigenvalue weighted by atomic mass is 10.0. The molecule has 2 N–H and O–H groups in total. The second-order valence-corrected chi connectivity index (χ2v) is 6.97. The van der Waals surface area contributed by atoms with Gasteiger partial charge in [0, 0.05) is 6.42 Å². The highest BCUT2D eigenvalue weighted by molar-refractivity contribution is 6.32. The first kappa shape index (κ1) is 20.5. The number of hydrogen-bond acceptors (Lipinski definition) is 5. The van der Waals surface area contributed by atoms with Gasteiger partial charge in [-0.05, 0) is 48.7 Å². The number of amides is 1. The molecule has 1 amide bonds. The van der Waals surface area contributed by atoms with Crippen LogP contribution in [0.25, 0.3) is 0 Å². The Morgan fingerprint density at radius 3 is 2.48 bits per heavy atom. The summed E-state index contributed by atoms with van der Waals surface area (Å²) in [6, 6.07) is 10.3. The van der Waals surface area contributed by atoms with Gasteiger partial charge in [0.25, 0.3) is 5.91 Å². The summed E-state index contributed by atoms with van der Waals surface area (Å²) in [5, 5.41) is 21.6. The van der Waals surface area contributed by atoms with E-state index in [0.29, 0.717) is 41.7 Å². The Hall–Kier alpha value is -3.24. The summed E-state index contributed by atoms with van der Waals surface area (Å²) in [6.07, 6.45) is 1.43. The van der Waals surface area contributed by atoms with Crippen molar-refractivity contribution in [3.8, 4) is 17.6 Å². The minimum atomic E-state index is -1.19. The van der Waals surface area contributed by atoms with Crippen LogP contribution in [-0.2, 0) is 11.2 Å². The first-order valence-corrected chi connectivity index (χ1v) is 9.47. The Morgan fingerprint density at radius 1 is 1.14 bits per heavy atom. The number of benzene rings is 2. The van der Waals surface area contributed by atoms with Gasteiger partial charge in [0.05, 0.1) is 35.4 Å². The third-order valence-corrected chi connectivity index (χ3v) is 4.74. The number of carbonyl (C=O) groups excluding carboxylic acids is 1. The van der Waals surface area contributed by atoms with E-state index in [1.54, 1.807) is 30.3 Å². The Balaban J connectivity index is 1.95. The van der Waals surface area contributed by atoms with Crippen molar-refractivity contribution in [2.24, 2.45) is 0 Å². The molecule has 29 heavy (non-hydrogen) atoms. The lowest BCUT2D eigenvalue weighted by molar-refractivity contribution is -0.139. The van der Waals surface area contributed by atoms with Crippen LogP contribution in [0.15, 0.2) is 36.4 Å². The summed E-state index contributed by atoms with van der Waals surface area (Å²) < 4.78 is 11.4. The largest absolute Gasteiger partial charge is 0.493 e. The van der Waals surface area contributed by atoms with E-state index in [9.17, 15) is 14.7 Å². The van der Waals surface area contributed by atoms with Crippen LogP contribution in [0.5, 0.6) is 11.5 Å². The van der Waals surface area contributed by atoms with Crippen LogP contribution < -0.4 is 14.8 Å². The number of rotatable bonds is 1. The summed E-state index contributed by atoms with van der Waals surface area (Å²) in [7, 11) is 0. The molecule has 4 rings (SSSR count). The maximum absolute atomic E-state index is 12.8. The molecule has 2 aromatic rings. The van der Waals surface area contributed by atoms with Crippen molar-refractivity contribution < 1.29 is 24.2 Å². The average molecular weight is 415 g/mol. The van der Waals surface area contributed by atoms with E-state index >= 15 is 0 Å². The second kappa shape index (κ2) is 9.30. The Bertz CT molecular complexity index is 970. The Labute approximate surface area is 172 Å². The summed E-state index contributed by atoms with van der Waals surface area (Å²) >= 11 is 6.23. The number of fused-ring (bicyclic) bond motifs is 10. The quantitative estimate of drug-likeness (QED) is 0.741. The molecule has 1 atom stereocenters. The van der Waals surface area contributed by atoms with E-state index in [1.165, 1.54) is 6.07 Å². The zero-order chi connectivity index (χ0) is 20.8. The zero-order valence-corrected chi connectivity index (χ0v) is 16.2. The molecule has 0 fully saturated rings. The third kappa shape index (κ3) is 5.18. The van der Waals surface area contributed by atoms with E-state index < -0.39 is 17.9 Å². The van der Waals surface area contributed by atoms with E-state index in [0.717, 1.165) is 6.42 Å². The number of nitrogens with one attached hydrogen (secondary N) is 1. The van der Waals surface area contributed by atoms with E-state index in [-0.39, 0.29) is 17.5 Å². The van der Waals surface area contributed by atoms with E-state index in [4.69, 9.17) is 26.3 Å². The molecule has 8 heteroatoms. The molecular weight excluding hydrogens is 396 g/mol. The fourth-order valence-electron chi connectivity index (χ4n) is 2.93. The standard InChI is InChI=1S/C21H19ClN2O5/c22-16-10-13-3-6-19(16)29-8-2-1-7-28-18-5-4-14(12-23)9-15(18)20(25)24-17(11-13)21(26)27/h3-6,9-10,17H,1-2,7-8,11H2,(H,24,25)(H,26,27)/t17-/m0/s1. The number of nitriles is 1. The number of carbonyl (C=O) groups is 2. The van der Waals surface area contributed by atoms with Crippen LogP contribution in [0.2, 0.25) is 5.02 Å². The minimum Gasteiger partial charge on any atom is -0.493 e. The number of hydrogen-bond donors (Lipinski definition) is 2. The van der Waals surface area contributed by atoms with Gasteiger partial charge < -0.3 is 19.9 Å². The van der Waals surface area contributed by atoms with Crippen molar-refractivity contribution in [2.75, 3.05) is 13.2 Å². The zero-order valence-electron chi connectivity index (χ0n) is 15.5. The van der Waals surface area contributed by atoms with Crippen LogP contribution in [0.1, 0.15) is 34.3 Å². The van der Waals surface area contributed by atoms with Gasteiger partial charge in [-0.25, -0.2) is 4.79 Å². The maximum atomic E-state index is 12.8. The molecule has 0 saturated carbocycles. The Morgan fingerprint density at radius 2 is 1.83 bits per heavy atom. The number of ether oxygens (including phenoxy) is 2. The van der Waals surface area contributed by atoms with Crippen LogP contribution in [-0.4, -0.2) is 36.2 Å². The lowest BCUT2D eigenvalue weighted by Crippen LogP contribution is -2.42. The van der Waals surface area contributed by atoms with Crippen molar-refractivity contribution in [3.05, 3.63) is 58.1 Å². The number of aliphatic carboxylic acids is 1. The summed E-state index contributed by atoms with van der Waals surface area (Å²) in [5.74, 6) is -0.990. The van der Waals surface area contributed by atoms with Crippen molar-refractivity contribution in [1.82, 2.24) is 5.32 Å². The summed E-state index contributed by atoms with van der Waals surface area (Å²) in [4.78, 5) is 24.5.